The van der Waals surface area contributed by atoms with E-state index in [0.717, 1.165) is 62.1 Å². The lowest BCUT2D eigenvalue weighted by atomic mass is 10.1. The SMILES string of the molecule is COc1cccc(NC(=O)CN2CCCCCCCN(C(C)=O)c3ccccc3C2)c1. The summed E-state index contributed by atoms with van der Waals surface area (Å²) in [6.07, 6.45) is 5.47. The molecule has 3 rings (SSSR count). The molecule has 0 spiro atoms. The zero-order valence-corrected chi connectivity index (χ0v) is 18.6. The van der Waals surface area contributed by atoms with Gasteiger partial charge in [-0.1, -0.05) is 43.5 Å². The third kappa shape index (κ3) is 6.82. The number of ether oxygens (including phenoxy) is 1. The number of carbonyl (C=O) groups excluding carboxylic acids is 2. The third-order valence-electron chi connectivity index (χ3n) is 5.63. The Morgan fingerprint density at radius 3 is 2.48 bits per heavy atom. The lowest BCUT2D eigenvalue weighted by Crippen LogP contribution is -2.35. The van der Waals surface area contributed by atoms with Crippen LogP contribution in [0.2, 0.25) is 0 Å². The standard InChI is InChI=1S/C25H33N3O3/c1-20(29)28-16-9-5-3-4-8-15-27(18-21-11-6-7-14-24(21)28)19-25(30)26-22-12-10-13-23(17-22)31-2/h6-7,10-14,17H,3-5,8-9,15-16,18-19H2,1-2H3,(H,26,30). The van der Waals surface area contributed by atoms with Crippen LogP contribution < -0.4 is 15.0 Å². The molecule has 0 radical (unpaired) electrons. The van der Waals surface area contributed by atoms with Crippen molar-refractivity contribution >= 4 is 23.2 Å². The molecule has 6 heteroatoms. The summed E-state index contributed by atoms with van der Waals surface area (Å²) in [5.74, 6) is 0.718. The Hall–Kier alpha value is -2.86. The number of amides is 2. The predicted molar refractivity (Wildman–Crippen MR) is 124 cm³/mol. The molecule has 1 heterocycles. The van der Waals surface area contributed by atoms with Crippen molar-refractivity contribution in [2.45, 2.75) is 45.6 Å². The van der Waals surface area contributed by atoms with Crippen LogP contribution in [0.4, 0.5) is 11.4 Å². The van der Waals surface area contributed by atoms with Crippen LogP contribution in [0.25, 0.3) is 0 Å². The highest BCUT2D eigenvalue weighted by Gasteiger charge is 2.19. The maximum Gasteiger partial charge on any atom is 0.238 e. The molecule has 0 aromatic heterocycles. The highest BCUT2D eigenvalue weighted by Crippen LogP contribution is 2.24. The van der Waals surface area contributed by atoms with Crippen LogP contribution in [0.5, 0.6) is 5.75 Å². The molecule has 0 aliphatic carbocycles. The number of fused-ring (bicyclic) bond motifs is 1. The Morgan fingerprint density at radius 2 is 1.71 bits per heavy atom. The van der Waals surface area contributed by atoms with Gasteiger partial charge in [-0.05, 0) is 43.1 Å². The normalized spacial score (nSPS) is 15.9. The van der Waals surface area contributed by atoms with E-state index >= 15 is 0 Å². The van der Waals surface area contributed by atoms with E-state index in [-0.39, 0.29) is 11.8 Å². The van der Waals surface area contributed by atoms with Crippen LogP contribution >= 0.6 is 0 Å². The van der Waals surface area contributed by atoms with Crippen molar-refractivity contribution in [1.82, 2.24) is 4.90 Å². The molecule has 1 aliphatic heterocycles. The number of nitrogens with zero attached hydrogens (tertiary/aromatic N) is 2. The van der Waals surface area contributed by atoms with Crippen molar-refractivity contribution in [2.75, 3.05) is 37.0 Å². The van der Waals surface area contributed by atoms with E-state index in [4.69, 9.17) is 4.74 Å². The monoisotopic (exact) mass is 423 g/mol. The molecule has 2 aromatic carbocycles. The van der Waals surface area contributed by atoms with E-state index in [9.17, 15) is 9.59 Å². The van der Waals surface area contributed by atoms with Gasteiger partial charge in [0.2, 0.25) is 11.8 Å². The lowest BCUT2D eigenvalue weighted by Gasteiger charge is -2.28. The molecule has 0 saturated heterocycles. The van der Waals surface area contributed by atoms with Crippen LogP contribution in [0, 0.1) is 0 Å². The lowest BCUT2D eigenvalue weighted by molar-refractivity contribution is -0.118. The van der Waals surface area contributed by atoms with Gasteiger partial charge in [0.05, 0.1) is 13.7 Å². The number of nitrogens with one attached hydrogen (secondary N) is 1. The Labute approximate surface area is 185 Å². The van der Waals surface area contributed by atoms with Crippen LogP contribution in [-0.2, 0) is 16.1 Å². The Balaban J connectivity index is 1.76. The van der Waals surface area contributed by atoms with Gasteiger partial charge in [-0.25, -0.2) is 0 Å². The molecule has 0 fully saturated rings. The Morgan fingerprint density at radius 1 is 0.968 bits per heavy atom. The maximum atomic E-state index is 12.8. The van der Waals surface area contributed by atoms with Gasteiger partial charge in [-0.15, -0.1) is 0 Å². The van der Waals surface area contributed by atoms with Gasteiger partial charge in [-0.2, -0.15) is 0 Å². The van der Waals surface area contributed by atoms with Crippen molar-refractivity contribution in [3.8, 4) is 5.75 Å². The Bertz CT molecular complexity index is 884. The van der Waals surface area contributed by atoms with E-state index in [2.05, 4.69) is 16.3 Å². The second kappa shape index (κ2) is 11.5. The second-order valence-corrected chi connectivity index (χ2v) is 8.06. The molecule has 1 N–H and O–H groups in total. The number of benzene rings is 2. The summed E-state index contributed by atoms with van der Waals surface area (Å²) >= 11 is 0. The summed E-state index contributed by atoms with van der Waals surface area (Å²) in [6.45, 7) is 4.14. The molecule has 2 amide bonds. The molecule has 166 valence electrons. The topological polar surface area (TPSA) is 61.9 Å². The summed E-state index contributed by atoms with van der Waals surface area (Å²) < 4.78 is 5.24. The molecule has 6 nitrogen and oxygen atoms in total. The average molecular weight is 424 g/mol. The van der Waals surface area contributed by atoms with Crippen molar-refractivity contribution in [2.24, 2.45) is 0 Å². The first-order chi connectivity index (χ1) is 15.1. The Kier molecular flexibility index (Phi) is 8.47. The van der Waals surface area contributed by atoms with Gasteiger partial charge in [-0.3, -0.25) is 14.5 Å². The maximum absolute atomic E-state index is 12.8. The number of anilines is 2. The summed E-state index contributed by atoms with van der Waals surface area (Å²) in [5, 5.41) is 2.98. The summed E-state index contributed by atoms with van der Waals surface area (Å²) in [6, 6.07) is 15.4. The quantitative estimate of drug-likeness (QED) is 0.789. The number of hydrogen-bond donors (Lipinski definition) is 1. The first kappa shape index (κ1) is 22.8. The largest absolute Gasteiger partial charge is 0.497 e. The summed E-state index contributed by atoms with van der Waals surface area (Å²) in [4.78, 5) is 29.2. The average Bonchev–Trinajstić information content (AvgIpc) is 2.75. The van der Waals surface area contributed by atoms with E-state index in [1.807, 2.05) is 47.4 Å². The van der Waals surface area contributed by atoms with Crippen LogP contribution in [0.15, 0.2) is 48.5 Å². The molecule has 0 atom stereocenters. The van der Waals surface area contributed by atoms with Gasteiger partial charge < -0.3 is 15.0 Å². The van der Waals surface area contributed by atoms with Crippen LogP contribution in [0.1, 0.15) is 44.6 Å². The fourth-order valence-corrected chi connectivity index (χ4v) is 4.05. The molecular weight excluding hydrogens is 390 g/mol. The smallest absolute Gasteiger partial charge is 0.238 e. The minimum absolute atomic E-state index is 0.0544. The minimum atomic E-state index is -0.0544. The van der Waals surface area contributed by atoms with Crippen LogP contribution in [-0.4, -0.2) is 43.5 Å². The van der Waals surface area contributed by atoms with Gasteiger partial charge >= 0.3 is 0 Å². The fourth-order valence-electron chi connectivity index (χ4n) is 4.05. The van der Waals surface area contributed by atoms with E-state index in [1.165, 1.54) is 0 Å². The van der Waals surface area contributed by atoms with Crippen molar-refractivity contribution < 1.29 is 14.3 Å². The number of methoxy groups -OCH3 is 1. The van der Waals surface area contributed by atoms with E-state index in [1.54, 1.807) is 14.0 Å². The molecule has 31 heavy (non-hydrogen) atoms. The van der Waals surface area contributed by atoms with Gasteiger partial charge in [0.25, 0.3) is 0 Å². The molecule has 0 saturated carbocycles. The summed E-state index contributed by atoms with van der Waals surface area (Å²) in [5.41, 5.74) is 2.75. The highest BCUT2D eigenvalue weighted by molar-refractivity contribution is 5.93. The first-order valence-corrected chi connectivity index (χ1v) is 11.1. The molecule has 2 aromatic rings. The van der Waals surface area contributed by atoms with Gasteiger partial charge in [0, 0.05) is 37.5 Å². The fraction of sp³-hybridized carbons (Fsp3) is 0.440. The second-order valence-electron chi connectivity index (χ2n) is 8.06. The molecular formula is C25H33N3O3. The zero-order chi connectivity index (χ0) is 22.1. The predicted octanol–water partition coefficient (Wildman–Crippen LogP) is 4.45. The van der Waals surface area contributed by atoms with Crippen molar-refractivity contribution in [3.63, 3.8) is 0 Å². The zero-order valence-electron chi connectivity index (χ0n) is 18.6. The van der Waals surface area contributed by atoms with Crippen LogP contribution in [0.3, 0.4) is 0 Å². The minimum Gasteiger partial charge on any atom is -0.497 e. The molecule has 0 unspecified atom stereocenters. The van der Waals surface area contributed by atoms with Gasteiger partial charge in [0.15, 0.2) is 0 Å². The number of hydrogen-bond acceptors (Lipinski definition) is 4. The van der Waals surface area contributed by atoms with Gasteiger partial charge in [0.1, 0.15) is 5.75 Å². The number of para-hydroxylation sites is 1. The highest BCUT2D eigenvalue weighted by atomic mass is 16.5. The molecule has 1 aliphatic rings. The first-order valence-electron chi connectivity index (χ1n) is 11.1. The van der Waals surface area contributed by atoms with Crippen molar-refractivity contribution in [3.05, 3.63) is 54.1 Å². The van der Waals surface area contributed by atoms with Crippen molar-refractivity contribution in [1.29, 1.82) is 0 Å². The third-order valence-corrected chi connectivity index (χ3v) is 5.63. The number of carbonyl (C=O) groups is 2. The summed E-state index contributed by atoms with van der Waals surface area (Å²) in [7, 11) is 1.61. The van der Waals surface area contributed by atoms with E-state index < -0.39 is 0 Å². The molecule has 0 bridgehead atoms. The number of rotatable bonds is 4. The van der Waals surface area contributed by atoms with E-state index in [0.29, 0.717) is 18.8 Å².